The lowest BCUT2D eigenvalue weighted by molar-refractivity contribution is 0.277. The summed E-state index contributed by atoms with van der Waals surface area (Å²) in [5.41, 5.74) is 6.20. The van der Waals surface area contributed by atoms with Crippen LogP contribution in [0.15, 0.2) is 67.1 Å². The number of nitrogens with one attached hydrogen (secondary N) is 2. The SMILES string of the molecule is Cl.c1ccc(-c2c(-c3ccncc3OC[C@@H]3CCCN3)[nH]c3cccnc23)cc1. The van der Waals surface area contributed by atoms with Crippen LogP contribution >= 0.6 is 12.4 Å². The van der Waals surface area contributed by atoms with Gasteiger partial charge in [0.1, 0.15) is 12.4 Å². The molecule has 4 aromatic rings. The molecular weight excluding hydrogens is 384 g/mol. The third-order valence-electron chi connectivity index (χ3n) is 5.27. The molecule has 1 aliphatic rings. The van der Waals surface area contributed by atoms with Gasteiger partial charge in [0.05, 0.1) is 22.9 Å². The Balaban J connectivity index is 0.00000205. The zero-order valence-corrected chi connectivity index (χ0v) is 16.8. The van der Waals surface area contributed by atoms with Crippen molar-refractivity contribution in [2.75, 3.05) is 13.2 Å². The Morgan fingerprint density at radius 1 is 1.03 bits per heavy atom. The summed E-state index contributed by atoms with van der Waals surface area (Å²) in [4.78, 5) is 12.5. The molecule has 0 radical (unpaired) electrons. The molecule has 1 fully saturated rings. The number of aromatic amines is 1. The van der Waals surface area contributed by atoms with Gasteiger partial charge in [0.15, 0.2) is 0 Å². The minimum Gasteiger partial charge on any atom is -0.490 e. The molecule has 0 spiro atoms. The van der Waals surface area contributed by atoms with E-state index in [9.17, 15) is 0 Å². The number of ether oxygens (including phenoxy) is 1. The Bertz CT molecular complexity index is 1090. The number of halogens is 1. The van der Waals surface area contributed by atoms with Crippen LogP contribution in [-0.2, 0) is 0 Å². The van der Waals surface area contributed by atoms with Gasteiger partial charge in [-0.3, -0.25) is 9.97 Å². The van der Waals surface area contributed by atoms with Crippen LogP contribution in [0.1, 0.15) is 12.8 Å². The van der Waals surface area contributed by atoms with E-state index in [0.717, 1.165) is 52.1 Å². The van der Waals surface area contributed by atoms with E-state index < -0.39 is 0 Å². The van der Waals surface area contributed by atoms with Crippen molar-refractivity contribution >= 4 is 23.4 Å². The van der Waals surface area contributed by atoms with E-state index in [2.05, 4.69) is 50.6 Å². The van der Waals surface area contributed by atoms with E-state index >= 15 is 0 Å². The van der Waals surface area contributed by atoms with Gasteiger partial charge in [0.2, 0.25) is 0 Å². The minimum absolute atomic E-state index is 0. The van der Waals surface area contributed by atoms with E-state index in [1.165, 1.54) is 6.42 Å². The lowest BCUT2D eigenvalue weighted by Gasteiger charge is -2.15. The summed E-state index contributed by atoms with van der Waals surface area (Å²) >= 11 is 0. The minimum atomic E-state index is 0. The fourth-order valence-electron chi connectivity index (χ4n) is 3.90. The lowest BCUT2D eigenvalue weighted by Crippen LogP contribution is -2.28. The maximum atomic E-state index is 6.20. The number of H-pyrrole nitrogens is 1. The molecule has 1 aliphatic heterocycles. The van der Waals surface area contributed by atoms with E-state index in [4.69, 9.17) is 4.74 Å². The highest BCUT2D eigenvalue weighted by Crippen LogP contribution is 2.40. The topological polar surface area (TPSA) is 62.8 Å². The Morgan fingerprint density at radius 2 is 1.93 bits per heavy atom. The van der Waals surface area contributed by atoms with Crippen molar-refractivity contribution in [3.8, 4) is 28.1 Å². The molecule has 6 heteroatoms. The van der Waals surface area contributed by atoms with Gasteiger partial charge in [-0.2, -0.15) is 0 Å². The molecule has 0 saturated carbocycles. The molecular formula is C23H23ClN4O. The molecule has 1 atom stereocenters. The predicted octanol–water partition coefficient (Wildman–Crippen LogP) is 4.84. The summed E-state index contributed by atoms with van der Waals surface area (Å²) in [5.74, 6) is 0.792. The van der Waals surface area contributed by atoms with Crippen LogP contribution in [0.25, 0.3) is 33.4 Å². The molecule has 1 aromatic carbocycles. The number of benzene rings is 1. The van der Waals surface area contributed by atoms with Crippen LogP contribution in [0.5, 0.6) is 5.75 Å². The summed E-state index contributed by atoms with van der Waals surface area (Å²) < 4.78 is 6.20. The normalized spacial score (nSPS) is 15.9. The van der Waals surface area contributed by atoms with Gasteiger partial charge in [0.25, 0.3) is 0 Å². The predicted molar refractivity (Wildman–Crippen MR) is 119 cm³/mol. The summed E-state index contributed by atoms with van der Waals surface area (Å²) in [7, 11) is 0. The van der Waals surface area contributed by atoms with Crippen LogP contribution in [0.4, 0.5) is 0 Å². The van der Waals surface area contributed by atoms with E-state index in [1.807, 2.05) is 30.6 Å². The van der Waals surface area contributed by atoms with Gasteiger partial charge in [-0.1, -0.05) is 30.3 Å². The number of fused-ring (bicyclic) bond motifs is 1. The number of rotatable bonds is 5. The van der Waals surface area contributed by atoms with Gasteiger partial charge in [-0.15, -0.1) is 12.4 Å². The summed E-state index contributed by atoms with van der Waals surface area (Å²) in [6.45, 7) is 1.72. The van der Waals surface area contributed by atoms with E-state index in [-0.39, 0.29) is 12.4 Å². The van der Waals surface area contributed by atoms with Gasteiger partial charge in [-0.05, 0) is 43.1 Å². The van der Waals surface area contributed by atoms with Crippen molar-refractivity contribution in [1.82, 2.24) is 20.3 Å². The average molecular weight is 407 g/mol. The molecule has 5 rings (SSSR count). The Morgan fingerprint density at radius 3 is 2.76 bits per heavy atom. The van der Waals surface area contributed by atoms with Crippen molar-refractivity contribution < 1.29 is 4.74 Å². The highest BCUT2D eigenvalue weighted by Gasteiger charge is 2.20. The molecule has 2 N–H and O–H groups in total. The maximum Gasteiger partial charge on any atom is 0.146 e. The number of hydrogen-bond acceptors (Lipinski definition) is 4. The fourth-order valence-corrected chi connectivity index (χ4v) is 3.90. The third-order valence-corrected chi connectivity index (χ3v) is 5.27. The largest absolute Gasteiger partial charge is 0.490 e. The van der Waals surface area contributed by atoms with Crippen molar-refractivity contribution in [2.24, 2.45) is 0 Å². The zero-order chi connectivity index (χ0) is 18.8. The molecule has 0 aliphatic carbocycles. The molecule has 4 heterocycles. The van der Waals surface area contributed by atoms with Crippen LogP contribution in [0.2, 0.25) is 0 Å². The van der Waals surface area contributed by atoms with Crippen molar-refractivity contribution in [3.05, 3.63) is 67.1 Å². The Hall–Kier alpha value is -2.89. The second-order valence-electron chi connectivity index (χ2n) is 7.12. The van der Waals surface area contributed by atoms with Crippen molar-refractivity contribution in [3.63, 3.8) is 0 Å². The molecule has 0 amide bonds. The average Bonchev–Trinajstić information content (AvgIpc) is 3.41. The first-order valence-corrected chi connectivity index (χ1v) is 9.73. The van der Waals surface area contributed by atoms with Gasteiger partial charge < -0.3 is 15.0 Å². The maximum absolute atomic E-state index is 6.20. The molecule has 29 heavy (non-hydrogen) atoms. The van der Waals surface area contributed by atoms with E-state index in [0.29, 0.717) is 12.6 Å². The first-order chi connectivity index (χ1) is 13.9. The summed E-state index contributed by atoms with van der Waals surface area (Å²) in [5, 5.41) is 3.48. The molecule has 3 aromatic heterocycles. The molecule has 1 saturated heterocycles. The van der Waals surface area contributed by atoms with Crippen molar-refractivity contribution in [2.45, 2.75) is 18.9 Å². The third kappa shape index (κ3) is 3.84. The highest BCUT2D eigenvalue weighted by molar-refractivity contribution is 6.02. The van der Waals surface area contributed by atoms with E-state index in [1.54, 1.807) is 6.20 Å². The lowest BCUT2D eigenvalue weighted by atomic mass is 10.0. The second kappa shape index (κ2) is 8.64. The molecule has 0 bridgehead atoms. The smallest absolute Gasteiger partial charge is 0.146 e. The quantitative estimate of drug-likeness (QED) is 0.497. The van der Waals surface area contributed by atoms with Gasteiger partial charge in [0, 0.05) is 29.6 Å². The fraction of sp³-hybridized carbons (Fsp3) is 0.217. The van der Waals surface area contributed by atoms with Crippen molar-refractivity contribution in [1.29, 1.82) is 0 Å². The van der Waals surface area contributed by atoms with Gasteiger partial charge >= 0.3 is 0 Å². The number of hydrogen-bond donors (Lipinski definition) is 2. The van der Waals surface area contributed by atoms with Gasteiger partial charge in [-0.25, -0.2) is 0 Å². The number of aromatic nitrogens is 3. The summed E-state index contributed by atoms with van der Waals surface area (Å²) in [6.07, 6.45) is 7.81. The van der Waals surface area contributed by atoms with Crippen LogP contribution in [0, 0.1) is 0 Å². The zero-order valence-electron chi connectivity index (χ0n) is 16.0. The Kier molecular flexibility index (Phi) is 5.79. The second-order valence-corrected chi connectivity index (χ2v) is 7.12. The molecule has 5 nitrogen and oxygen atoms in total. The van der Waals surface area contributed by atoms with Crippen LogP contribution in [-0.4, -0.2) is 34.1 Å². The first-order valence-electron chi connectivity index (χ1n) is 9.73. The summed E-state index contributed by atoms with van der Waals surface area (Å²) in [6, 6.07) is 16.8. The number of pyridine rings is 2. The first kappa shape index (κ1) is 19.4. The highest BCUT2D eigenvalue weighted by atomic mass is 35.5. The number of nitrogens with zero attached hydrogens (tertiary/aromatic N) is 2. The molecule has 148 valence electrons. The van der Waals surface area contributed by atoms with Crippen LogP contribution < -0.4 is 10.1 Å². The van der Waals surface area contributed by atoms with Crippen LogP contribution in [0.3, 0.4) is 0 Å². The Labute approximate surface area is 176 Å². The standard InChI is InChI=1S/C23H22N4O.ClH/c1-2-6-16(7-3-1)21-22(27-19-9-5-12-26-23(19)21)18-10-13-24-14-20(18)28-15-17-8-4-11-25-17;/h1-3,5-7,9-10,12-14,17,25,27H,4,8,11,15H2;1H/t17-;/m0./s1. The molecule has 0 unspecified atom stereocenters. The monoisotopic (exact) mass is 406 g/mol.